The van der Waals surface area contributed by atoms with Gasteiger partial charge in [-0.05, 0) is 33.7 Å². The zero-order valence-electron chi connectivity index (χ0n) is 17.8. The molecule has 1 saturated heterocycles. The van der Waals surface area contributed by atoms with Gasteiger partial charge in [0.25, 0.3) is 0 Å². The van der Waals surface area contributed by atoms with Crippen molar-refractivity contribution < 1.29 is 29.0 Å². The van der Waals surface area contributed by atoms with Crippen LogP contribution in [0.1, 0.15) is 33.1 Å². The van der Waals surface area contributed by atoms with Crippen LogP contribution in [0, 0.1) is 12.3 Å². The molecule has 0 saturated carbocycles. The zero-order valence-corrected chi connectivity index (χ0v) is 17.8. The Hall–Kier alpha value is -2.64. The maximum absolute atomic E-state index is 13.2. The SMILES string of the molecule is C#CC[C@]1(C(=O)OC)COC([C@@H]2CCCN2C(=O)[C@@H](NC(=O)[C@H](C)NC)C(C)O)=N1. The van der Waals surface area contributed by atoms with Gasteiger partial charge in [0.05, 0.1) is 19.3 Å². The molecule has 30 heavy (non-hydrogen) atoms. The fraction of sp³-hybridized carbons (Fsp3) is 0.700. The van der Waals surface area contributed by atoms with Gasteiger partial charge in [-0.1, -0.05) is 0 Å². The largest absolute Gasteiger partial charge is 0.476 e. The number of aliphatic imine (C=N–C) groups is 1. The molecule has 0 bridgehead atoms. The van der Waals surface area contributed by atoms with Gasteiger partial charge in [-0.25, -0.2) is 9.79 Å². The second-order valence-electron chi connectivity index (χ2n) is 7.57. The monoisotopic (exact) mass is 422 g/mol. The van der Waals surface area contributed by atoms with E-state index in [9.17, 15) is 19.5 Å². The van der Waals surface area contributed by atoms with Crippen molar-refractivity contribution in [2.75, 3.05) is 27.3 Å². The minimum absolute atomic E-state index is 0.0120. The molecule has 166 valence electrons. The lowest BCUT2D eigenvalue weighted by atomic mass is 9.98. The van der Waals surface area contributed by atoms with Crippen LogP contribution in [-0.2, 0) is 23.9 Å². The average Bonchev–Trinajstić information content (AvgIpc) is 3.37. The molecule has 10 heteroatoms. The number of ether oxygens (including phenoxy) is 2. The Kier molecular flexibility index (Phi) is 7.81. The van der Waals surface area contributed by atoms with E-state index in [0.717, 1.165) is 0 Å². The Labute approximate surface area is 176 Å². The number of hydrogen-bond acceptors (Lipinski definition) is 8. The van der Waals surface area contributed by atoms with Gasteiger partial charge in [0.15, 0.2) is 0 Å². The van der Waals surface area contributed by atoms with E-state index in [1.807, 2.05) is 0 Å². The van der Waals surface area contributed by atoms with Crippen LogP contribution in [0.25, 0.3) is 0 Å². The van der Waals surface area contributed by atoms with Crippen LogP contribution in [0.4, 0.5) is 0 Å². The van der Waals surface area contributed by atoms with Crippen molar-refractivity contribution in [2.24, 2.45) is 4.99 Å². The summed E-state index contributed by atoms with van der Waals surface area (Å²) in [5, 5.41) is 15.5. The van der Waals surface area contributed by atoms with Crippen LogP contribution < -0.4 is 10.6 Å². The Morgan fingerprint density at radius 3 is 2.73 bits per heavy atom. The summed E-state index contributed by atoms with van der Waals surface area (Å²) in [5.41, 5.74) is -1.32. The van der Waals surface area contributed by atoms with E-state index in [1.165, 1.54) is 18.9 Å². The molecule has 2 rings (SSSR count). The first kappa shape index (κ1) is 23.6. The number of nitrogens with zero attached hydrogens (tertiary/aromatic N) is 2. The zero-order chi connectivity index (χ0) is 22.5. The highest BCUT2D eigenvalue weighted by molar-refractivity contribution is 5.96. The number of amides is 2. The Balaban J connectivity index is 2.24. The van der Waals surface area contributed by atoms with E-state index in [-0.39, 0.29) is 18.9 Å². The molecule has 0 aromatic rings. The topological polar surface area (TPSA) is 130 Å². The number of carbonyl (C=O) groups is 3. The van der Waals surface area contributed by atoms with Crippen molar-refractivity contribution in [1.82, 2.24) is 15.5 Å². The van der Waals surface area contributed by atoms with E-state index in [1.54, 1.807) is 14.0 Å². The molecular formula is C20H30N4O6. The van der Waals surface area contributed by atoms with Crippen LogP contribution in [0.5, 0.6) is 0 Å². The molecule has 0 spiro atoms. The lowest BCUT2D eigenvalue weighted by Gasteiger charge is -2.30. The number of methoxy groups -OCH3 is 1. The normalized spacial score (nSPS) is 26.1. The molecule has 0 aliphatic carbocycles. The highest BCUT2D eigenvalue weighted by Gasteiger charge is 2.48. The summed E-state index contributed by atoms with van der Waals surface area (Å²) in [6.45, 7) is 3.44. The first-order chi connectivity index (χ1) is 14.2. The number of likely N-dealkylation sites (N-methyl/N-ethyl adjacent to an activating group) is 1. The van der Waals surface area contributed by atoms with Gasteiger partial charge >= 0.3 is 5.97 Å². The first-order valence-corrected chi connectivity index (χ1v) is 9.91. The summed E-state index contributed by atoms with van der Waals surface area (Å²) in [6.07, 6.45) is 5.57. The van der Waals surface area contributed by atoms with Gasteiger partial charge in [0, 0.05) is 13.0 Å². The molecule has 3 N–H and O–H groups in total. The number of aliphatic hydroxyl groups excluding tert-OH is 1. The van der Waals surface area contributed by atoms with E-state index >= 15 is 0 Å². The minimum Gasteiger partial charge on any atom is -0.476 e. The molecule has 2 aliphatic rings. The third kappa shape index (κ3) is 4.74. The van der Waals surface area contributed by atoms with Gasteiger partial charge in [0.1, 0.15) is 18.7 Å². The molecule has 10 nitrogen and oxygen atoms in total. The quantitative estimate of drug-likeness (QED) is 0.331. The van der Waals surface area contributed by atoms with E-state index in [0.29, 0.717) is 19.4 Å². The van der Waals surface area contributed by atoms with E-state index < -0.39 is 47.6 Å². The lowest BCUT2D eigenvalue weighted by molar-refractivity contribution is -0.147. The fourth-order valence-electron chi connectivity index (χ4n) is 3.53. The van der Waals surface area contributed by atoms with Crippen molar-refractivity contribution in [2.45, 2.75) is 62.9 Å². The van der Waals surface area contributed by atoms with Crippen LogP contribution in [0.15, 0.2) is 4.99 Å². The lowest BCUT2D eigenvalue weighted by Crippen LogP contribution is -2.58. The Bertz CT molecular complexity index is 746. The molecule has 0 aromatic carbocycles. The van der Waals surface area contributed by atoms with Crippen molar-refractivity contribution in [1.29, 1.82) is 0 Å². The standard InChI is InChI=1S/C20H30N4O6/c1-6-9-20(19(28)29-5)11-30-17(23-20)14-8-7-10-24(14)18(27)15(13(3)25)22-16(26)12(2)21-4/h1,12-15,21,25H,7-11H2,2-5H3,(H,22,26)/t12-,13?,14-,15-,20+/m0/s1. The van der Waals surface area contributed by atoms with Crippen LogP contribution >= 0.6 is 0 Å². The molecule has 1 fully saturated rings. The van der Waals surface area contributed by atoms with Crippen molar-refractivity contribution in [3.63, 3.8) is 0 Å². The summed E-state index contributed by atoms with van der Waals surface area (Å²) in [5.74, 6) is 1.22. The van der Waals surface area contributed by atoms with Crippen LogP contribution in [-0.4, -0.2) is 90.8 Å². The molecule has 2 heterocycles. The average molecular weight is 422 g/mol. The molecule has 0 aromatic heterocycles. The first-order valence-electron chi connectivity index (χ1n) is 9.91. The predicted molar refractivity (Wildman–Crippen MR) is 108 cm³/mol. The third-order valence-corrected chi connectivity index (χ3v) is 5.44. The number of aliphatic hydroxyl groups is 1. The Morgan fingerprint density at radius 1 is 1.47 bits per heavy atom. The molecule has 1 unspecified atom stereocenters. The third-order valence-electron chi connectivity index (χ3n) is 5.44. The van der Waals surface area contributed by atoms with Gasteiger partial charge in [0.2, 0.25) is 23.3 Å². The van der Waals surface area contributed by atoms with Crippen LogP contribution in [0.2, 0.25) is 0 Å². The smallest absolute Gasteiger partial charge is 0.338 e. The highest BCUT2D eigenvalue weighted by Crippen LogP contribution is 2.30. The Morgan fingerprint density at radius 2 is 2.17 bits per heavy atom. The van der Waals surface area contributed by atoms with E-state index in [2.05, 4.69) is 21.5 Å². The number of hydrogen-bond donors (Lipinski definition) is 3. The van der Waals surface area contributed by atoms with Crippen molar-refractivity contribution in [3.8, 4) is 12.3 Å². The number of terminal acetylenes is 1. The number of esters is 1. The molecular weight excluding hydrogens is 392 g/mol. The maximum atomic E-state index is 13.2. The van der Waals surface area contributed by atoms with Crippen molar-refractivity contribution in [3.05, 3.63) is 0 Å². The summed E-state index contributed by atoms with van der Waals surface area (Å²) in [7, 11) is 2.88. The molecule has 5 atom stereocenters. The number of likely N-dealkylation sites (tertiary alicyclic amines) is 1. The molecule has 2 amide bonds. The highest BCUT2D eigenvalue weighted by atomic mass is 16.5. The van der Waals surface area contributed by atoms with Gasteiger partial charge < -0.3 is 30.1 Å². The number of carbonyl (C=O) groups excluding carboxylic acids is 3. The van der Waals surface area contributed by atoms with Gasteiger partial charge in [-0.3, -0.25) is 9.59 Å². The van der Waals surface area contributed by atoms with E-state index in [4.69, 9.17) is 15.9 Å². The second kappa shape index (κ2) is 9.91. The fourth-order valence-corrected chi connectivity index (χ4v) is 3.53. The summed E-state index contributed by atoms with van der Waals surface area (Å²) < 4.78 is 10.5. The predicted octanol–water partition coefficient (Wildman–Crippen LogP) is -1.19. The molecule has 2 aliphatic heterocycles. The maximum Gasteiger partial charge on any atom is 0.338 e. The van der Waals surface area contributed by atoms with Crippen molar-refractivity contribution >= 4 is 23.7 Å². The number of rotatable bonds is 8. The summed E-state index contributed by atoms with van der Waals surface area (Å²) >= 11 is 0. The summed E-state index contributed by atoms with van der Waals surface area (Å²) in [6, 6.07) is -2.16. The molecule has 0 radical (unpaired) electrons. The van der Waals surface area contributed by atoms with Gasteiger partial charge in [-0.15, -0.1) is 12.3 Å². The van der Waals surface area contributed by atoms with Crippen LogP contribution in [0.3, 0.4) is 0 Å². The number of nitrogens with one attached hydrogen (secondary N) is 2. The van der Waals surface area contributed by atoms with Gasteiger partial charge in [-0.2, -0.15) is 0 Å². The second-order valence-corrected chi connectivity index (χ2v) is 7.57. The summed E-state index contributed by atoms with van der Waals surface area (Å²) in [4.78, 5) is 43.6. The minimum atomic E-state index is -1.32.